The third-order valence-corrected chi connectivity index (χ3v) is 5.74. The Labute approximate surface area is 172 Å². The Bertz CT molecular complexity index is 781. The van der Waals surface area contributed by atoms with Gasteiger partial charge >= 0.3 is 0 Å². The highest BCUT2D eigenvalue weighted by molar-refractivity contribution is 9.10. The number of halogens is 3. The molecule has 1 aliphatic heterocycles. The van der Waals surface area contributed by atoms with Crippen LogP contribution in [0.1, 0.15) is 11.6 Å². The maximum atomic E-state index is 11.4. The Balaban J connectivity index is 1.78. The molecular weight excluding hydrogens is 437 g/mol. The van der Waals surface area contributed by atoms with E-state index in [-0.39, 0.29) is 6.04 Å². The van der Waals surface area contributed by atoms with E-state index >= 15 is 0 Å². The molecule has 1 heterocycles. The standard InChI is InChI=1S/C19H20BrCl2N3O/c20-13-2-1-3-15(10-13)24-6-8-25(9-7-24)19(18(23)12-26)16-5-4-14(21)11-17(16)22/h1-5,10-12,18-19H,6-9,23H2. The summed E-state index contributed by atoms with van der Waals surface area (Å²) < 4.78 is 1.06. The Morgan fingerprint density at radius 3 is 2.42 bits per heavy atom. The van der Waals surface area contributed by atoms with E-state index in [1.54, 1.807) is 12.1 Å². The lowest BCUT2D eigenvalue weighted by atomic mass is 9.98. The molecule has 2 atom stereocenters. The second kappa shape index (κ2) is 8.72. The van der Waals surface area contributed by atoms with Gasteiger partial charge in [-0.15, -0.1) is 0 Å². The van der Waals surface area contributed by atoms with Crippen molar-refractivity contribution in [2.24, 2.45) is 5.73 Å². The first-order valence-corrected chi connectivity index (χ1v) is 9.95. The van der Waals surface area contributed by atoms with Gasteiger partial charge in [0.1, 0.15) is 6.29 Å². The van der Waals surface area contributed by atoms with Gasteiger partial charge in [0.15, 0.2) is 0 Å². The van der Waals surface area contributed by atoms with E-state index in [9.17, 15) is 4.79 Å². The second-order valence-corrected chi connectivity index (χ2v) is 8.09. The molecule has 1 aliphatic rings. The quantitative estimate of drug-likeness (QED) is 0.686. The average Bonchev–Trinajstić information content (AvgIpc) is 2.64. The smallest absolute Gasteiger partial charge is 0.138 e. The van der Waals surface area contributed by atoms with Crippen molar-refractivity contribution in [3.63, 3.8) is 0 Å². The van der Waals surface area contributed by atoms with Gasteiger partial charge in [-0.1, -0.05) is 51.3 Å². The van der Waals surface area contributed by atoms with Crippen LogP contribution in [-0.2, 0) is 4.79 Å². The molecule has 1 fully saturated rings. The lowest BCUT2D eigenvalue weighted by Gasteiger charge is -2.41. The fourth-order valence-electron chi connectivity index (χ4n) is 3.39. The van der Waals surface area contributed by atoms with Gasteiger partial charge < -0.3 is 15.4 Å². The van der Waals surface area contributed by atoms with E-state index in [2.05, 4.69) is 37.9 Å². The van der Waals surface area contributed by atoms with Crippen molar-refractivity contribution in [3.05, 3.63) is 62.5 Å². The Hall–Kier alpha value is -1.11. The molecule has 1 saturated heterocycles. The molecule has 0 aliphatic carbocycles. The minimum Gasteiger partial charge on any atom is -0.369 e. The van der Waals surface area contributed by atoms with Gasteiger partial charge in [-0.2, -0.15) is 0 Å². The predicted molar refractivity (Wildman–Crippen MR) is 111 cm³/mol. The number of benzene rings is 2. The fourth-order valence-corrected chi connectivity index (χ4v) is 4.30. The zero-order chi connectivity index (χ0) is 18.7. The maximum absolute atomic E-state index is 11.4. The van der Waals surface area contributed by atoms with Crippen molar-refractivity contribution < 1.29 is 4.79 Å². The van der Waals surface area contributed by atoms with E-state index in [0.29, 0.717) is 10.0 Å². The maximum Gasteiger partial charge on any atom is 0.138 e. The van der Waals surface area contributed by atoms with Crippen LogP contribution >= 0.6 is 39.1 Å². The molecule has 2 aromatic rings. The van der Waals surface area contributed by atoms with Crippen LogP contribution in [0.2, 0.25) is 10.0 Å². The summed E-state index contributed by atoms with van der Waals surface area (Å²) in [4.78, 5) is 16.0. The van der Waals surface area contributed by atoms with Crippen molar-refractivity contribution in [1.29, 1.82) is 0 Å². The van der Waals surface area contributed by atoms with E-state index < -0.39 is 6.04 Å². The van der Waals surface area contributed by atoms with Crippen LogP contribution in [0.4, 0.5) is 5.69 Å². The van der Waals surface area contributed by atoms with Gasteiger partial charge in [-0.3, -0.25) is 4.90 Å². The first-order chi connectivity index (χ1) is 12.5. The van der Waals surface area contributed by atoms with E-state index in [4.69, 9.17) is 28.9 Å². The van der Waals surface area contributed by atoms with Crippen LogP contribution in [0.25, 0.3) is 0 Å². The molecule has 0 radical (unpaired) electrons. The first kappa shape index (κ1) is 19.6. The van der Waals surface area contributed by atoms with Crippen molar-refractivity contribution >= 4 is 51.1 Å². The summed E-state index contributed by atoms with van der Waals surface area (Å²) in [6.07, 6.45) is 0.788. The first-order valence-electron chi connectivity index (χ1n) is 8.40. The predicted octanol–water partition coefficient (Wildman–Crippen LogP) is 4.15. The normalized spacial score (nSPS) is 17.8. The SMILES string of the molecule is NC(C=O)C(c1ccc(Cl)cc1Cl)N1CCN(c2cccc(Br)c2)CC1. The summed E-state index contributed by atoms with van der Waals surface area (Å²) in [5, 5.41) is 1.10. The number of nitrogens with two attached hydrogens (primary N) is 1. The molecule has 26 heavy (non-hydrogen) atoms. The largest absolute Gasteiger partial charge is 0.369 e. The average molecular weight is 457 g/mol. The zero-order valence-corrected chi connectivity index (χ0v) is 17.2. The number of carbonyl (C=O) groups excluding carboxylic acids is 1. The summed E-state index contributed by atoms with van der Waals surface area (Å²) in [7, 11) is 0. The van der Waals surface area contributed by atoms with E-state index in [1.165, 1.54) is 5.69 Å². The molecule has 0 saturated carbocycles. The minimum atomic E-state index is -0.647. The van der Waals surface area contributed by atoms with Gasteiger partial charge in [-0.05, 0) is 35.9 Å². The molecule has 7 heteroatoms. The summed E-state index contributed by atoms with van der Waals surface area (Å²) in [6.45, 7) is 3.28. The van der Waals surface area contributed by atoms with Gasteiger partial charge in [0, 0.05) is 46.4 Å². The fraction of sp³-hybridized carbons (Fsp3) is 0.316. The molecule has 0 spiro atoms. The van der Waals surface area contributed by atoms with Crippen LogP contribution in [0.5, 0.6) is 0 Å². The summed E-state index contributed by atoms with van der Waals surface area (Å²) in [5.74, 6) is 0. The van der Waals surface area contributed by atoms with Crippen molar-refractivity contribution in [2.75, 3.05) is 31.1 Å². The topological polar surface area (TPSA) is 49.6 Å². The number of anilines is 1. The monoisotopic (exact) mass is 455 g/mol. The molecule has 2 aromatic carbocycles. The van der Waals surface area contributed by atoms with E-state index in [0.717, 1.165) is 42.5 Å². The van der Waals surface area contributed by atoms with Crippen molar-refractivity contribution in [3.8, 4) is 0 Å². The minimum absolute atomic E-state index is 0.262. The van der Waals surface area contributed by atoms with Gasteiger partial charge in [0.25, 0.3) is 0 Å². The van der Waals surface area contributed by atoms with Crippen LogP contribution in [0.15, 0.2) is 46.9 Å². The lowest BCUT2D eigenvalue weighted by molar-refractivity contribution is -0.110. The lowest BCUT2D eigenvalue weighted by Crippen LogP contribution is -2.52. The van der Waals surface area contributed by atoms with Crippen molar-refractivity contribution in [2.45, 2.75) is 12.1 Å². The highest BCUT2D eigenvalue weighted by Gasteiger charge is 2.31. The van der Waals surface area contributed by atoms with Crippen LogP contribution in [0.3, 0.4) is 0 Å². The zero-order valence-electron chi connectivity index (χ0n) is 14.1. The summed E-state index contributed by atoms with van der Waals surface area (Å²) >= 11 is 15.9. The molecular formula is C19H20BrCl2N3O. The summed E-state index contributed by atoms with van der Waals surface area (Å²) in [6, 6.07) is 12.7. The molecule has 2 N–H and O–H groups in total. The third-order valence-electron chi connectivity index (χ3n) is 4.68. The number of piperazine rings is 1. The molecule has 0 amide bonds. The Morgan fingerprint density at radius 2 is 1.81 bits per heavy atom. The number of carbonyl (C=O) groups is 1. The van der Waals surface area contributed by atoms with Crippen LogP contribution in [0, 0.1) is 0 Å². The number of hydrogen-bond acceptors (Lipinski definition) is 4. The third kappa shape index (κ3) is 4.41. The van der Waals surface area contributed by atoms with Gasteiger partial charge in [-0.25, -0.2) is 0 Å². The summed E-state index contributed by atoms with van der Waals surface area (Å²) in [5.41, 5.74) is 8.15. The highest BCUT2D eigenvalue weighted by atomic mass is 79.9. The molecule has 3 rings (SSSR count). The van der Waals surface area contributed by atoms with Gasteiger partial charge in [0.2, 0.25) is 0 Å². The van der Waals surface area contributed by atoms with Crippen molar-refractivity contribution in [1.82, 2.24) is 4.90 Å². The Kier molecular flexibility index (Phi) is 6.59. The van der Waals surface area contributed by atoms with Gasteiger partial charge in [0.05, 0.1) is 12.1 Å². The number of hydrogen-bond donors (Lipinski definition) is 1. The van der Waals surface area contributed by atoms with Crippen LogP contribution in [-0.4, -0.2) is 43.4 Å². The Morgan fingerprint density at radius 1 is 1.08 bits per heavy atom. The number of nitrogens with zero attached hydrogens (tertiary/aromatic N) is 2. The second-order valence-electron chi connectivity index (χ2n) is 6.33. The molecule has 138 valence electrons. The molecule has 2 unspecified atom stereocenters. The molecule has 4 nitrogen and oxygen atoms in total. The molecule has 0 bridgehead atoms. The number of rotatable bonds is 5. The molecule has 0 aromatic heterocycles. The number of aldehydes is 1. The highest BCUT2D eigenvalue weighted by Crippen LogP contribution is 2.32. The van der Waals surface area contributed by atoms with Crippen LogP contribution < -0.4 is 10.6 Å². The van der Waals surface area contributed by atoms with E-state index in [1.807, 2.05) is 18.2 Å².